The molecule has 94 valence electrons. The van der Waals surface area contributed by atoms with Crippen LogP contribution in [-0.2, 0) is 14.9 Å². The Morgan fingerprint density at radius 2 is 2.24 bits per heavy atom. The van der Waals surface area contributed by atoms with Gasteiger partial charge in [0.05, 0.1) is 0 Å². The van der Waals surface area contributed by atoms with E-state index in [2.05, 4.69) is 36.3 Å². The number of rotatable bonds is 2. The molecule has 1 amide bonds. The van der Waals surface area contributed by atoms with Crippen molar-refractivity contribution in [2.45, 2.75) is 45.1 Å². The van der Waals surface area contributed by atoms with Crippen LogP contribution in [0.15, 0.2) is 0 Å². The first-order chi connectivity index (χ1) is 7.97. The Morgan fingerprint density at radius 1 is 1.47 bits per heavy atom. The molecule has 0 bridgehead atoms. The van der Waals surface area contributed by atoms with Gasteiger partial charge in [-0.15, -0.1) is 10.2 Å². The first-order valence-corrected chi connectivity index (χ1v) is 6.55. The minimum absolute atomic E-state index is 0.0372. The number of ether oxygens (including phenoxy) is 1. The van der Waals surface area contributed by atoms with Crippen LogP contribution in [0.1, 0.15) is 38.6 Å². The molecule has 2 rings (SSSR count). The summed E-state index contributed by atoms with van der Waals surface area (Å²) in [7, 11) is 0. The summed E-state index contributed by atoms with van der Waals surface area (Å²) in [6, 6.07) is 0. The quantitative estimate of drug-likeness (QED) is 0.877. The highest BCUT2D eigenvalue weighted by Gasteiger charge is 2.25. The molecule has 2 heterocycles. The van der Waals surface area contributed by atoms with Crippen molar-refractivity contribution < 1.29 is 9.53 Å². The van der Waals surface area contributed by atoms with Gasteiger partial charge in [0, 0.05) is 12.0 Å². The van der Waals surface area contributed by atoms with Crippen molar-refractivity contribution in [3.63, 3.8) is 0 Å². The third-order valence-electron chi connectivity index (χ3n) is 2.52. The molecule has 1 aromatic heterocycles. The van der Waals surface area contributed by atoms with E-state index in [0.717, 1.165) is 17.8 Å². The second-order valence-corrected chi connectivity index (χ2v) is 6.13. The first kappa shape index (κ1) is 12.4. The van der Waals surface area contributed by atoms with E-state index in [-0.39, 0.29) is 17.4 Å². The predicted octanol–water partition coefficient (Wildman–Crippen LogP) is 1.95. The average Bonchev–Trinajstić information content (AvgIpc) is 2.85. The molecule has 0 saturated carbocycles. The number of hydrogen-bond donors (Lipinski definition) is 1. The van der Waals surface area contributed by atoms with Gasteiger partial charge in [-0.25, -0.2) is 0 Å². The Hall–Kier alpha value is -1.01. The number of aromatic nitrogens is 2. The third kappa shape index (κ3) is 3.01. The van der Waals surface area contributed by atoms with E-state index < -0.39 is 0 Å². The van der Waals surface area contributed by atoms with E-state index >= 15 is 0 Å². The van der Waals surface area contributed by atoms with Crippen LogP contribution < -0.4 is 5.32 Å². The molecule has 0 aliphatic carbocycles. The minimum Gasteiger partial charge on any atom is -0.368 e. The lowest BCUT2D eigenvalue weighted by atomic mass is 9.98. The van der Waals surface area contributed by atoms with Crippen molar-refractivity contribution in [1.82, 2.24) is 10.2 Å². The standard InChI is InChI=1S/C11H17N3O2S/c1-11(2,3)9-13-14-10(17-9)12-8(15)7-5-4-6-16-7/h7H,4-6H2,1-3H3,(H,12,14,15). The van der Waals surface area contributed by atoms with Crippen LogP contribution in [0.2, 0.25) is 0 Å². The lowest BCUT2D eigenvalue weighted by Crippen LogP contribution is -2.26. The summed E-state index contributed by atoms with van der Waals surface area (Å²) in [5.41, 5.74) is -0.0372. The Bertz CT molecular complexity index is 405. The van der Waals surface area contributed by atoms with Crippen LogP contribution in [-0.4, -0.2) is 28.8 Å². The highest BCUT2D eigenvalue weighted by atomic mass is 32.1. The van der Waals surface area contributed by atoms with Gasteiger partial charge in [0.2, 0.25) is 5.13 Å². The first-order valence-electron chi connectivity index (χ1n) is 5.73. The number of carbonyl (C=O) groups is 1. The number of hydrogen-bond acceptors (Lipinski definition) is 5. The van der Waals surface area contributed by atoms with Crippen LogP contribution >= 0.6 is 11.3 Å². The molecule has 1 fully saturated rings. The second-order valence-electron chi connectivity index (χ2n) is 5.15. The maximum Gasteiger partial charge on any atom is 0.255 e. The number of carbonyl (C=O) groups excluding carboxylic acids is 1. The predicted molar refractivity (Wildman–Crippen MR) is 66.2 cm³/mol. The van der Waals surface area contributed by atoms with Crippen LogP contribution in [0.3, 0.4) is 0 Å². The zero-order valence-electron chi connectivity index (χ0n) is 10.3. The molecular weight excluding hydrogens is 238 g/mol. The fourth-order valence-electron chi connectivity index (χ4n) is 1.55. The number of nitrogens with one attached hydrogen (secondary N) is 1. The monoisotopic (exact) mass is 255 g/mol. The molecule has 1 aliphatic rings. The lowest BCUT2D eigenvalue weighted by Gasteiger charge is -2.12. The van der Waals surface area contributed by atoms with Crippen molar-refractivity contribution in [3.05, 3.63) is 5.01 Å². The van der Waals surface area contributed by atoms with Crippen LogP contribution in [0, 0.1) is 0 Å². The van der Waals surface area contributed by atoms with E-state index in [0.29, 0.717) is 11.7 Å². The molecule has 0 radical (unpaired) electrons. The molecule has 1 aliphatic heterocycles. The van der Waals surface area contributed by atoms with E-state index in [1.54, 1.807) is 0 Å². The Morgan fingerprint density at radius 3 is 2.76 bits per heavy atom. The van der Waals surface area contributed by atoms with Gasteiger partial charge in [-0.2, -0.15) is 0 Å². The molecule has 0 spiro atoms. The Balaban J connectivity index is 1.99. The number of anilines is 1. The van der Waals surface area contributed by atoms with Gasteiger partial charge in [0.1, 0.15) is 11.1 Å². The zero-order valence-corrected chi connectivity index (χ0v) is 11.1. The fourth-order valence-corrected chi connectivity index (χ4v) is 2.35. The van der Waals surface area contributed by atoms with Gasteiger partial charge in [0.25, 0.3) is 5.91 Å². The smallest absolute Gasteiger partial charge is 0.255 e. The van der Waals surface area contributed by atoms with Gasteiger partial charge < -0.3 is 4.74 Å². The number of amides is 1. The summed E-state index contributed by atoms with van der Waals surface area (Å²) in [5, 5.41) is 12.3. The van der Waals surface area contributed by atoms with Crippen molar-refractivity contribution in [2.75, 3.05) is 11.9 Å². The van der Waals surface area contributed by atoms with Crippen molar-refractivity contribution in [2.24, 2.45) is 0 Å². The summed E-state index contributed by atoms with van der Waals surface area (Å²) >= 11 is 1.42. The SMILES string of the molecule is CC(C)(C)c1nnc(NC(=O)C2CCCO2)s1. The van der Waals surface area contributed by atoms with Crippen molar-refractivity contribution in [1.29, 1.82) is 0 Å². The van der Waals surface area contributed by atoms with Crippen molar-refractivity contribution >= 4 is 22.4 Å². The van der Waals surface area contributed by atoms with Gasteiger partial charge in [-0.1, -0.05) is 32.1 Å². The second kappa shape index (κ2) is 4.70. The maximum atomic E-state index is 11.8. The maximum absolute atomic E-state index is 11.8. The molecular formula is C11H17N3O2S. The average molecular weight is 255 g/mol. The van der Waals surface area contributed by atoms with Crippen LogP contribution in [0.5, 0.6) is 0 Å². The Labute approximate surface area is 105 Å². The highest BCUT2D eigenvalue weighted by Crippen LogP contribution is 2.28. The largest absolute Gasteiger partial charge is 0.368 e. The van der Waals surface area contributed by atoms with Crippen LogP contribution in [0.25, 0.3) is 0 Å². The van der Waals surface area contributed by atoms with Gasteiger partial charge in [-0.3, -0.25) is 10.1 Å². The minimum atomic E-state index is -0.322. The fraction of sp³-hybridized carbons (Fsp3) is 0.727. The molecule has 1 N–H and O–H groups in total. The third-order valence-corrected chi connectivity index (χ3v) is 3.78. The summed E-state index contributed by atoms with van der Waals surface area (Å²) in [5.74, 6) is -0.112. The van der Waals surface area contributed by atoms with Gasteiger partial charge in [-0.05, 0) is 12.8 Å². The molecule has 17 heavy (non-hydrogen) atoms. The van der Waals surface area contributed by atoms with Gasteiger partial charge >= 0.3 is 0 Å². The summed E-state index contributed by atoms with van der Waals surface area (Å²) in [6.45, 7) is 6.87. The van der Waals surface area contributed by atoms with E-state index in [1.807, 2.05) is 0 Å². The molecule has 1 aromatic rings. The lowest BCUT2D eigenvalue weighted by molar-refractivity contribution is -0.124. The topological polar surface area (TPSA) is 64.1 Å². The van der Waals surface area contributed by atoms with E-state index in [1.165, 1.54) is 11.3 Å². The summed E-state index contributed by atoms with van der Waals surface area (Å²) < 4.78 is 5.31. The summed E-state index contributed by atoms with van der Waals surface area (Å²) in [6.07, 6.45) is 1.41. The molecule has 0 aromatic carbocycles. The molecule has 1 atom stereocenters. The zero-order chi connectivity index (χ0) is 12.5. The molecule has 6 heteroatoms. The van der Waals surface area contributed by atoms with Crippen molar-refractivity contribution in [3.8, 4) is 0 Å². The molecule has 5 nitrogen and oxygen atoms in total. The van der Waals surface area contributed by atoms with Crippen LogP contribution in [0.4, 0.5) is 5.13 Å². The summed E-state index contributed by atoms with van der Waals surface area (Å²) in [4.78, 5) is 11.8. The van der Waals surface area contributed by atoms with E-state index in [4.69, 9.17) is 4.74 Å². The van der Waals surface area contributed by atoms with E-state index in [9.17, 15) is 4.79 Å². The molecule has 1 unspecified atom stereocenters. The number of nitrogens with zero attached hydrogens (tertiary/aromatic N) is 2. The molecule has 1 saturated heterocycles. The normalized spacial score (nSPS) is 20.5. The highest BCUT2D eigenvalue weighted by molar-refractivity contribution is 7.15. The van der Waals surface area contributed by atoms with Gasteiger partial charge in [0.15, 0.2) is 0 Å². The Kier molecular flexibility index (Phi) is 3.44.